The Kier molecular flexibility index (Phi) is 6.86. The molecule has 2 heterocycles. The second-order valence-electron chi connectivity index (χ2n) is 9.33. The first-order valence-electron chi connectivity index (χ1n) is 12.6. The van der Waals surface area contributed by atoms with Crippen LogP contribution in [0.2, 0.25) is 0 Å². The van der Waals surface area contributed by atoms with Gasteiger partial charge in [-0.2, -0.15) is 0 Å². The average molecular weight is 497 g/mol. The standard InChI is InChI=1S/C30H28N2O5/c1-2-15-37-30(36)22-9-5-11-24(17-22)32-26(23-10-6-14-31-18-23)25(28(34)29(32)35)27(33)21-13-12-19-7-3-4-8-20(19)16-21/h5-6,9-14,16-18,26,33H,2-4,7-8,15H2,1H3/b27-25-. The van der Waals surface area contributed by atoms with E-state index in [2.05, 4.69) is 4.98 Å². The van der Waals surface area contributed by atoms with Crippen molar-refractivity contribution in [3.63, 3.8) is 0 Å². The number of nitrogens with zero attached hydrogens (tertiary/aromatic N) is 2. The lowest BCUT2D eigenvalue weighted by molar-refractivity contribution is -0.132. The number of ether oxygens (including phenoxy) is 1. The molecule has 3 aromatic rings. The summed E-state index contributed by atoms with van der Waals surface area (Å²) in [7, 11) is 0. The lowest BCUT2D eigenvalue weighted by Gasteiger charge is -2.25. The molecule has 1 unspecified atom stereocenters. The number of aromatic nitrogens is 1. The summed E-state index contributed by atoms with van der Waals surface area (Å²) in [6, 6.07) is 14.7. The number of hydrogen-bond acceptors (Lipinski definition) is 6. The van der Waals surface area contributed by atoms with Crippen LogP contribution in [0.4, 0.5) is 5.69 Å². The van der Waals surface area contributed by atoms with Gasteiger partial charge in [0.05, 0.1) is 23.8 Å². The van der Waals surface area contributed by atoms with Gasteiger partial charge in [0.25, 0.3) is 11.7 Å². The number of carbonyl (C=O) groups excluding carboxylic acids is 3. The van der Waals surface area contributed by atoms with E-state index < -0.39 is 23.7 Å². The number of hydrogen-bond donors (Lipinski definition) is 1. The van der Waals surface area contributed by atoms with Gasteiger partial charge in [-0.05, 0) is 79.1 Å². The van der Waals surface area contributed by atoms with Crippen LogP contribution in [0.5, 0.6) is 0 Å². The SMILES string of the molecule is CCCOC(=O)c1cccc(N2C(=O)C(=O)/C(=C(\O)c3ccc4c(c3)CCCC4)C2c2cccnc2)c1. The number of fused-ring (bicyclic) bond motifs is 1. The zero-order valence-electron chi connectivity index (χ0n) is 20.6. The summed E-state index contributed by atoms with van der Waals surface area (Å²) in [5.41, 5.74) is 4.09. The maximum Gasteiger partial charge on any atom is 0.338 e. The predicted molar refractivity (Wildman–Crippen MR) is 139 cm³/mol. The Hall–Kier alpha value is -4.26. The molecular formula is C30H28N2O5. The zero-order valence-corrected chi connectivity index (χ0v) is 20.6. The van der Waals surface area contributed by atoms with E-state index in [9.17, 15) is 19.5 Å². The third kappa shape index (κ3) is 4.65. The monoisotopic (exact) mass is 496 g/mol. The van der Waals surface area contributed by atoms with Crippen molar-refractivity contribution in [2.45, 2.75) is 45.1 Å². The molecule has 1 aliphatic carbocycles. The van der Waals surface area contributed by atoms with Gasteiger partial charge in [0.1, 0.15) is 5.76 Å². The minimum Gasteiger partial charge on any atom is -0.507 e. The molecule has 1 aromatic heterocycles. The highest BCUT2D eigenvalue weighted by atomic mass is 16.5. The van der Waals surface area contributed by atoms with Crippen molar-refractivity contribution in [2.24, 2.45) is 0 Å². The molecule has 1 N–H and O–H groups in total. The first-order chi connectivity index (χ1) is 18.0. The smallest absolute Gasteiger partial charge is 0.338 e. The Bertz CT molecular complexity index is 1400. The molecule has 1 atom stereocenters. The molecule has 0 saturated carbocycles. The molecule has 1 aliphatic heterocycles. The van der Waals surface area contributed by atoms with Crippen LogP contribution in [-0.4, -0.2) is 34.4 Å². The normalized spacial score (nSPS) is 18.5. The fourth-order valence-electron chi connectivity index (χ4n) is 5.05. The van der Waals surface area contributed by atoms with E-state index >= 15 is 0 Å². The van der Waals surface area contributed by atoms with Crippen LogP contribution in [0.25, 0.3) is 5.76 Å². The van der Waals surface area contributed by atoms with Crippen molar-refractivity contribution in [1.29, 1.82) is 0 Å². The second kappa shape index (κ2) is 10.4. The number of rotatable bonds is 6. The molecule has 0 bridgehead atoms. The lowest BCUT2D eigenvalue weighted by atomic mass is 9.89. The molecule has 1 amide bonds. The number of aryl methyl sites for hydroxylation is 2. The fourth-order valence-corrected chi connectivity index (χ4v) is 5.05. The molecule has 188 valence electrons. The summed E-state index contributed by atoms with van der Waals surface area (Å²) in [6.45, 7) is 2.18. The van der Waals surface area contributed by atoms with Gasteiger partial charge in [-0.25, -0.2) is 4.79 Å². The van der Waals surface area contributed by atoms with Crippen LogP contribution in [0.15, 0.2) is 72.6 Å². The minimum absolute atomic E-state index is 0.00674. The number of benzene rings is 2. The zero-order chi connectivity index (χ0) is 25.9. The quantitative estimate of drug-likeness (QED) is 0.219. The Morgan fingerprint density at radius 3 is 2.59 bits per heavy atom. The van der Waals surface area contributed by atoms with Crippen molar-refractivity contribution in [3.8, 4) is 0 Å². The van der Waals surface area contributed by atoms with Gasteiger partial charge < -0.3 is 9.84 Å². The van der Waals surface area contributed by atoms with E-state index in [4.69, 9.17) is 4.74 Å². The first-order valence-corrected chi connectivity index (χ1v) is 12.6. The van der Waals surface area contributed by atoms with E-state index in [1.165, 1.54) is 16.5 Å². The Morgan fingerprint density at radius 2 is 1.84 bits per heavy atom. The van der Waals surface area contributed by atoms with Gasteiger partial charge in [-0.3, -0.25) is 19.5 Å². The van der Waals surface area contributed by atoms with Crippen LogP contribution in [0.3, 0.4) is 0 Å². The number of anilines is 1. The minimum atomic E-state index is -0.911. The average Bonchev–Trinajstić information content (AvgIpc) is 3.21. The first kappa shape index (κ1) is 24.4. The highest BCUT2D eigenvalue weighted by Crippen LogP contribution is 2.42. The third-order valence-electron chi connectivity index (χ3n) is 6.86. The van der Waals surface area contributed by atoms with Gasteiger partial charge in [-0.15, -0.1) is 0 Å². The maximum atomic E-state index is 13.4. The fraction of sp³-hybridized carbons (Fsp3) is 0.267. The van der Waals surface area contributed by atoms with Gasteiger partial charge in [-0.1, -0.05) is 31.2 Å². The summed E-state index contributed by atoms with van der Waals surface area (Å²) in [5, 5.41) is 11.4. The van der Waals surface area contributed by atoms with Crippen LogP contribution >= 0.6 is 0 Å². The highest BCUT2D eigenvalue weighted by molar-refractivity contribution is 6.51. The van der Waals surface area contributed by atoms with E-state index in [0.717, 1.165) is 31.2 Å². The van der Waals surface area contributed by atoms with Crippen molar-refractivity contribution >= 4 is 29.1 Å². The van der Waals surface area contributed by atoms with Crippen molar-refractivity contribution in [3.05, 3.63) is 100 Å². The molecule has 7 nitrogen and oxygen atoms in total. The second-order valence-corrected chi connectivity index (χ2v) is 9.33. The van der Waals surface area contributed by atoms with Crippen molar-refractivity contribution in [2.75, 3.05) is 11.5 Å². The number of Topliss-reactive ketones (excluding diaryl/α,β-unsaturated/α-hetero) is 1. The number of amides is 1. The molecule has 1 fully saturated rings. The Labute approximate surface area is 215 Å². The van der Waals surface area contributed by atoms with Crippen LogP contribution in [-0.2, 0) is 27.2 Å². The number of aliphatic hydroxyl groups is 1. The lowest BCUT2D eigenvalue weighted by Crippen LogP contribution is -2.29. The van der Waals surface area contributed by atoms with Crippen LogP contribution in [0, 0.1) is 0 Å². The van der Waals surface area contributed by atoms with Gasteiger partial charge in [0, 0.05) is 23.6 Å². The predicted octanol–water partition coefficient (Wildman–Crippen LogP) is 5.15. The molecule has 2 aromatic carbocycles. The maximum absolute atomic E-state index is 13.4. The topological polar surface area (TPSA) is 96.8 Å². The number of esters is 1. The molecular weight excluding hydrogens is 468 g/mol. The Morgan fingerprint density at radius 1 is 1.03 bits per heavy atom. The van der Waals surface area contributed by atoms with Crippen molar-refractivity contribution < 1.29 is 24.2 Å². The van der Waals surface area contributed by atoms with Gasteiger partial charge in [0.2, 0.25) is 0 Å². The van der Waals surface area contributed by atoms with Gasteiger partial charge >= 0.3 is 5.97 Å². The molecule has 0 spiro atoms. The summed E-state index contributed by atoms with van der Waals surface area (Å²) < 4.78 is 5.25. The molecule has 7 heteroatoms. The van der Waals surface area contributed by atoms with Crippen LogP contribution in [0.1, 0.15) is 64.8 Å². The number of ketones is 1. The van der Waals surface area contributed by atoms with Gasteiger partial charge in [0.15, 0.2) is 0 Å². The number of pyridine rings is 1. The van der Waals surface area contributed by atoms with Crippen LogP contribution < -0.4 is 4.90 Å². The van der Waals surface area contributed by atoms with Crippen molar-refractivity contribution in [1.82, 2.24) is 4.98 Å². The molecule has 1 saturated heterocycles. The molecule has 0 radical (unpaired) electrons. The van der Waals surface area contributed by atoms with E-state index in [-0.39, 0.29) is 23.5 Å². The summed E-state index contributed by atoms with van der Waals surface area (Å²) in [4.78, 5) is 44.8. The summed E-state index contributed by atoms with van der Waals surface area (Å²) >= 11 is 0. The highest BCUT2D eigenvalue weighted by Gasteiger charge is 2.47. The summed E-state index contributed by atoms with van der Waals surface area (Å²) in [6.07, 6.45) is 7.98. The third-order valence-corrected chi connectivity index (χ3v) is 6.86. The van der Waals surface area contributed by atoms with E-state index in [0.29, 0.717) is 23.2 Å². The molecule has 2 aliphatic rings. The summed E-state index contributed by atoms with van der Waals surface area (Å²) in [5.74, 6) is -2.30. The number of aliphatic hydroxyl groups excluding tert-OH is 1. The molecule has 5 rings (SSSR count). The van der Waals surface area contributed by atoms with E-state index in [1.54, 1.807) is 48.8 Å². The molecule has 37 heavy (non-hydrogen) atoms. The number of carbonyl (C=O) groups is 3. The Balaban J connectivity index is 1.62. The largest absolute Gasteiger partial charge is 0.507 e. The van der Waals surface area contributed by atoms with E-state index in [1.807, 2.05) is 19.1 Å².